The van der Waals surface area contributed by atoms with Gasteiger partial charge in [0.2, 0.25) is 10.0 Å². The van der Waals surface area contributed by atoms with Gasteiger partial charge in [-0.05, 0) is 18.2 Å². The third-order valence-electron chi connectivity index (χ3n) is 3.13. The maximum Gasteiger partial charge on any atom is 0.243 e. The van der Waals surface area contributed by atoms with E-state index in [1.807, 2.05) is 0 Å². The first-order valence-corrected chi connectivity index (χ1v) is 7.58. The molecule has 0 aliphatic carbocycles. The number of nitrogens with zero attached hydrogens (tertiary/aromatic N) is 1. The predicted octanol–water partition coefficient (Wildman–Crippen LogP) is 0.182. The van der Waals surface area contributed by atoms with Crippen molar-refractivity contribution in [3.05, 3.63) is 24.0 Å². The maximum absolute atomic E-state index is 13.6. The Labute approximate surface area is 117 Å². The second-order valence-corrected chi connectivity index (χ2v) is 6.33. The van der Waals surface area contributed by atoms with Crippen molar-refractivity contribution >= 4 is 10.0 Å². The van der Waals surface area contributed by atoms with E-state index >= 15 is 0 Å². The largest absolute Gasteiger partial charge is 0.494 e. The van der Waals surface area contributed by atoms with Crippen LogP contribution in [0.2, 0.25) is 0 Å². The second-order valence-electron chi connectivity index (χ2n) is 4.39. The summed E-state index contributed by atoms with van der Waals surface area (Å²) in [6.45, 7) is 0.918. The van der Waals surface area contributed by atoms with Gasteiger partial charge < -0.3 is 15.2 Å². The summed E-state index contributed by atoms with van der Waals surface area (Å²) in [4.78, 5) is -0.103. The highest BCUT2D eigenvalue weighted by Gasteiger charge is 2.30. The molecular weight excluding hydrogens is 287 g/mol. The molecule has 0 saturated carbocycles. The molecule has 6 nitrogen and oxygen atoms in total. The zero-order chi connectivity index (χ0) is 14.8. The molecule has 0 amide bonds. The van der Waals surface area contributed by atoms with E-state index in [0.717, 1.165) is 6.07 Å². The highest BCUT2D eigenvalue weighted by Crippen LogP contribution is 2.24. The number of methoxy groups -OCH3 is 1. The minimum absolute atomic E-state index is 0.00534. The molecule has 1 aromatic rings. The van der Waals surface area contributed by atoms with E-state index in [1.54, 1.807) is 0 Å². The van der Waals surface area contributed by atoms with Crippen LogP contribution in [0.1, 0.15) is 0 Å². The van der Waals surface area contributed by atoms with Crippen molar-refractivity contribution in [3.63, 3.8) is 0 Å². The van der Waals surface area contributed by atoms with Crippen molar-refractivity contribution < 1.29 is 22.3 Å². The van der Waals surface area contributed by atoms with E-state index in [1.165, 1.54) is 23.5 Å². The number of rotatable bonds is 4. The van der Waals surface area contributed by atoms with Gasteiger partial charge in [-0.25, -0.2) is 12.8 Å². The Morgan fingerprint density at radius 1 is 1.55 bits per heavy atom. The van der Waals surface area contributed by atoms with Gasteiger partial charge in [0.1, 0.15) is 0 Å². The number of hydrogen-bond acceptors (Lipinski definition) is 5. The number of ether oxygens (including phenoxy) is 2. The summed E-state index contributed by atoms with van der Waals surface area (Å²) in [5.74, 6) is -0.706. The Morgan fingerprint density at radius 2 is 2.30 bits per heavy atom. The first kappa shape index (κ1) is 15.2. The van der Waals surface area contributed by atoms with Gasteiger partial charge in [0.05, 0.1) is 24.7 Å². The van der Waals surface area contributed by atoms with E-state index in [2.05, 4.69) is 0 Å². The van der Waals surface area contributed by atoms with Crippen LogP contribution in [0.5, 0.6) is 5.75 Å². The fourth-order valence-electron chi connectivity index (χ4n) is 2.01. The number of halogens is 1. The molecule has 1 atom stereocenters. The van der Waals surface area contributed by atoms with Crippen molar-refractivity contribution in [2.75, 3.05) is 33.4 Å². The van der Waals surface area contributed by atoms with Gasteiger partial charge in [-0.2, -0.15) is 4.31 Å². The molecule has 1 saturated heterocycles. The number of sulfonamides is 1. The van der Waals surface area contributed by atoms with Gasteiger partial charge in [0, 0.05) is 19.6 Å². The SMILES string of the molecule is COc1ccc(S(=O)(=O)N2CCOC(CN)C2)cc1F. The first-order chi connectivity index (χ1) is 9.48. The van der Waals surface area contributed by atoms with Crippen LogP contribution in [0.25, 0.3) is 0 Å². The monoisotopic (exact) mass is 304 g/mol. The van der Waals surface area contributed by atoms with Gasteiger partial charge in [0.15, 0.2) is 11.6 Å². The molecule has 0 bridgehead atoms. The number of hydrogen-bond donors (Lipinski definition) is 1. The molecule has 1 heterocycles. The zero-order valence-corrected chi connectivity index (χ0v) is 11.9. The Bertz CT molecular complexity index is 579. The molecule has 2 rings (SSSR count). The predicted molar refractivity (Wildman–Crippen MR) is 70.5 cm³/mol. The molecule has 8 heteroatoms. The summed E-state index contributed by atoms with van der Waals surface area (Å²) in [7, 11) is -2.43. The molecule has 112 valence electrons. The summed E-state index contributed by atoms with van der Waals surface area (Å²) >= 11 is 0. The Balaban J connectivity index is 2.28. The molecule has 1 unspecified atom stereocenters. The Morgan fingerprint density at radius 3 is 2.90 bits per heavy atom. The fraction of sp³-hybridized carbons (Fsp3) is 0.500. The Kier molecular flexibility index (Phi) is 4.59. The molecule has 1 aliphatic rings. The van der Waals surface area contributed by atoms with Gasteiger partial charge >= 0.3 is 0 Å². The van der Waals surface area contributed by atoms with Crippen molar-refractivity contribution in [1.82, 2.24) is 4.31 Å². The van der Waals surface area contributed by atoms with Gasteiger partial charge in [-0.15, -0.1) is 0 Å². The second kappa shape index (κ2) is 6.04. The highest BCUT2D eigenvalue weighted by atomic mass is 32.2. The first-order valence-electron chi connectivity index (χ1n) is 6.14. The van der Waals surface area contributed by atoms with Gasteiger partial charge in [-0.3, -0.25) is 0 Å². The highest BCUT2D eigenvalue weighted by molar-refractivity contribution is 7.89. The molecule has 0 spiro atoms. The van der Waals surface area contributed by atoms with Crippen molar-refractivity contribution in [3.8, 4) is 5.75 Å². The standard InChI is InChI=1S/C12H17FN2O4S/c1-18-12-3-2-10(6-11(12)13)20(16,17)15-4-5-19-9(7-14)8-15/h2-3,6,9H,4-5,7-8,14H2,1H3. The van der Waals surface area contributed by atoms with Gasteiger partial charge in [0.25, 0.3) is 0 Å². The molecule has 0 radical (unpaired) electrons. The van der Waals surface area contributed by atoms with Crippen LogP contribution in [0, 0.1) is 5.82 Å². The van der Waals surface area contributed by atoms with Crippen LogP contribution in [0.4, 0.5) is 4.39 Å². The zero-order valence-electron chi connectivity index (χ0n) is 11.1. The molecule has 2 N–H and O–H groups in total. The van der Waals surface area contributed by atoms with Crippen LogP contribution in [0.15, 0.2) is 23.1 Å². The lowest BCUT2D eigenvalue weighted by atomic mass is 10.3. The number of benzene rings is 1. The van der Waals surface area contributed by atoms with Gasteiger partial charge in [-0.1, -0.05) is 0 Å². The molecule has 1 aliphatic heterocycles. The van der Waals surface area contributed by atoms with Crippen molar-refractivity contribution in [1.29, 1.82) is 0 Å². The van der Waals surface area contributed by atoms with Crippen LogP contribution >= 0.6 is 0 Å². The van der Waals surface area contributed by atoms with Crippen LogP contribution < -0.4 is 10.5 Å². The number of morpholine rings is 1. The van der Waals surface area contributed by atoms with E-state index in [-0.39, 0.29) is 43.0 Å². The third kappa shape index (κ3) is 2.93. The van der Waals surface area contributed by atoms with E-state index < -0.39 is 15.8 Å². The molecule has 0 aromatic heterocycles. The molecule has 1 fully saturated rings. The maximum atomic E-state index is 13.6. The topological polar surface area (TPSA) is 81.9 Å². The van der Waals surface area contributed by atoms with E-state index in [0.29, 0.717) is 0 Å². The van der Waals surface area contributed by atoms with Crippen LogP contribution in [0.3, 0.4) is 0 Å². The molecular formula is C12H17FN2O4S. The summed E-state index contributed by atoms with van der Waals surface area (Å²) in [6, 6.07) is 3.58. The number of nitrogens with two attached hydrogens (primary N) is 1. The van der Waals surface area contributed by atoms with Crippen LogP contribution in [-0.4, -0.2) is 52.2 Å². The average molecular weight is 304 g/mol. The third-order valence-corrected chi connectivity index (χ3v) is 4.99. The van der Waals surface area contributed by atoms with Crippen molar-refractivity contribution in [2.24, 2.45) is 5.73 Å². The lowest BCUT2D eigenvalue weighted by Crippen LogP contribution is -2.48. The lowest BCUT2D eigenvalue weighted by molar-refractivity contribution is 0.00450. The Hall–Kier alpha value is -1.22. The average Bonchev–Trinajstić information content (AvgIpc) is 2.47. The van der Waals surface area contributed by atoms with E-state index in [4.69, 9.17) is 15.2 Å². The summed E-state index contributed by atoms with van der Waals surface area (Å²) in [5.41, 5.74) is 5.49. The molecule has 1 aromatic carbocycles. The lowest BCUT2D eigenvalue weighted by Gasteiger charge is -2.31. The van der Waals surface area contributed by atoms with Crippen molar-refractivity contribution in [2.45, 2.75) is 11.0 Å². The smallest absolute Gasteiger partial charge is 0.243 e. The summed E-state index contributed by atoms with van der Waals surface area (Å²) in [5, 5.41) is 0. The minimum Gasteiger partial charge on any atom is -0.494 e. The summed E-state index contributed by atoms with van der Waals surface area (Å²) < 4.78 is 49.8. The summed E-state index contributed by atoms with van der Waals surface area (Å²) in [6.07, 6.45) is -0.332. The van der Waals surface area contributed by atoms with E-state index in [9.17, 15) is 12.8 Å². The quantitative estimate of drug-likeness (QED) is 0.858. The normalized spacial score (nSPS) is 20.9. The molecule has 20 heavy (non-hydrogen) atoms. The fourth-order valence-corrected chi connectivity index (χ4v) is 3.48. The van der Waals surface area contributed by atoms with Crippen LogP contribution in [-0.2, 0) is 14.8 Å². The minimum atomic E-state index is -3.75.